The van der Waals surface area contributed by atoms with Crippen LogP contribution >= 0.6 is 0 Å². The number of carbonyl (C=O) groups excluding carboxylic acids is 2. The fourth-order valence-corrected chi connectivity index (χ4v) is 7.10. The molecule has 1 aromatic heterocycles. The van der Waals surface area contributed by atoms with Gasteiger partial charge in [-0.1, -0.05) is 25.3 Å². The molecule has 200 valence electrons. The van der Waals surface area contributed by atoms with Crippen molar-refractivity contribution in [2.75, 3.05) is 21.2 Å². The Labute approximate surface area is 273 Å². The summed E-state index contributed by atoms with van der Waals surface area (Å²) in [5.74, 6) is -0.571. The molecule has 2 fully saturated rings. The van der Waals surface area contributed by atoms with Crippen LogP contribution in [0.2, 0.25) is 0 Å². The largest absolute Gasteiger partial charge is 1.00 e. The number of nitrogens with zero attached hydrogens (tertiary/aromatic N) is 2. The van der Waals surface area contributed by atoms with Crippen molar-refractivity contribution in [2.24, 2.45) is 5.41 Å². The average Bonchev–Trinajstić information content (AvgIpc) is 3.59. The number of aromatic nitrogens is 1. The van der Waals surface area contributed by atoms with Crippen LogP contribution in [0.15, 0.2) is 36.4 Å². The van der Waals surface area contributed by atoms with Crippen LogP contribution in [-0.4, -0.2) is 46.2 Å². The normalized spacial score (nSPS) is 22.6. The van der Waals surface area contributed by atoms with E-state index in [1.54, 1.807) is 27.3 Å². The number of carbonyl (C=O) groups is 2. The van der Waals surface area contributed by atoms with Crippen LogP contribution in [-0.2, 0) is 22.5 Å². The molecule has 2 saturated carbocycles. The standard InChI is InChI=1S/C29H33N3O5S.K/c1-31(2)38(36)30-27(33)18-9-11-21-24(13-18)32-16-29(28(34)35)15-23(29)22-14-19(37-3)10-12-20(22)26(32)25(21)17-7-5-4-6-8-17;/h9-14,17,23H,4-8,15-16H2,1-3H3,(H,30,33)(H,34,35);/q;+1/p-1/t23?,29-,38?;/m0./s1. The van der Waals surface area contributed by atoms with Gasteiger partial charge in [-0.15, -0.1) is 0 Å². The third-order valence-electron chi connectivity index (χ3n) is 8.70. The second kappa shape index (κ2) is 11.0. The van der Waals surface area contributed by atoms with E-state index >= 15 is 0 Å². The molecular weight excluding hydrogens is 542 g/mol. The fraction of sp³-hybridized carbons (Fsp3) is 0.448. The number of fused-ring (bicyclic) bond motifs is 7. The fourth-order valence-electron chi connectivity index (χ4n) is 6.64. The van der Waals surface area contributed by atoms with Gasteiger partial charge in [0, 0.05) is 54.1 Å². The van der Waals surface area contributed by atoms with E-state index in [0.717, 1.165) is 53.4 Å². The van der Waals surface area contributed by atoms with Gasteiger partial charge in [0.15, 0.2) is 11.2 Å². The van der Waals surface area contributed by atoms with Gasteiger partial charge < -0.3 is 19.2 Å². The predicted octanol–water partition coefficient (Wildman–Crippen LogP) is 0.476. The molecule has 2 aromatic carbocycles. The van der Waals surface area contributed by atoms with Gasteiger partial charge in [0.2, 0.25) is 0 Å². The number of rotatable bonds is 6. The maximum absolute atomic E-state index is 13.0. The molecule has 6 rings (SSSR count). The van der Waals surface area contributed by atoms with Gasteiger partial charge >= 0.3 is 51.4 Å². The maximum atomic E-state index is 13.0. The van der Waals surface area contributed by atoms with Crippen molar-refractivity contribution in [3.63, 3.8) is 0 Å². The van der Waals surface area contributed by atoms with Gasteiger partial charge in [-0.25, -0.2) is 8.51 Å². The number of nitrogens with one attached hydrogen (secondary N) is 1. The number of amides is 1. The van der Waals surface area contributed by atoms with Crippen molar-refractivity contribution in [1.82, 2.24) is 13.6 Å². The number of ether oxygens (including phenoxy) is 1. The van der Waals surface area contributed by atoms with Crippen LogP contribution in [0.3, 0.4) is 0 Å². The molecule has 3 aliphatic rings. The van der Waals surface area contributed by atoms with Crippen LogP contribution in [0.25, 0.3) is 22.2 Å². The quantitative estimate of drug-likeness (QED) is 0.432. The Morgan fingerprint density at radius 1 is 1.13 bits per heavy atom. The first-order valence-electron chi connectivity index (χ1n) is 13.2. The molecule has 10 heteroatoms. The minimum atomic E-state index is -1.66. The van der Waals surface area contributed by atoms with Crippen LogP contribution in [0.5, 0.6) is 5.75 Å². The molecule has 0 spiro atoms. The Morgan fingerprint density at radius 2 is 1.87 bits per heavy atom. The second-order valence-electron chi connectivity index (χ2n) is 11.1. The van der Waals surface area contributed by atoms with Crippen molar-refractivity contribution < 1.29 is 75.0 Å². The summed E-state index contributed by atoms with van der Waals surface area (Å²) >= 11 is -1.66. The summed E-state index contributed by atoms with van der Waals surface area (Å²) in [6.45, 7) is 0.282. The molecule has 0 bridgehead atoms. The Balaban J connectivity index is 0.00000308. The van der Waals surface area contributed by atoms with Crippen molar-refractivity contribution >= 4 is 34.0 Å². The third-order valence-corrected chi connectivity index (χ3v) is 9.73. The zero-order valence-electron chi connectivity index (χ0n) is 22.9. The molecule has 1 N–H and O–H groups in total. The summed E-state index contributed by atoms with van der Waals surface area (Å²) in [7, 11) is 4.87. The summed E-state index contributed by atoms with van der Waals surface area (Å²) in [6.07, 6.45) is 6.22. The third kappa shape index (κ3) is 4.85. The van der Waals surface area contributed by atoms with Gasteiger partial charge in [0.05, 0.1) is 12.8 Å². The molecule has 39 heavy (non-hydrogen) atoms. The number of benzene rings is 2. The SMILES string of the molecule is COc1ccc2c(c1)C1C[C@]1(C(=O)[O-])Cn1c-2c(C2CCCCC2)c2ccc(C(=O)NS(=O)N(C)C)cc21.[K+]. The zero-order chi connectivity index (χ0) is 26.8. The van der Waals surface area contributed by atoms with E-state index in [1.165, 1.54) is 16.3 Å². The summed E-state index contributed by atoms with van der Waals surface area (Å²) in [6, 6.07) is 11.6. The number of hydrogen-bond acceptors (Lipinski definition) is 5. The van der Waals surface area contributed by atoms with Gasteiger partial charge in [0.25, 0.3) is 5.91 Å². The number of carboxylic acid groups (broad SMARTS) is 1. The van der Waals surface area contributed by atoms with E-state index in [4.69, 9.17) is 4.74 Å². The Morgan fingerprint density at radius 3 is 2.54 bits per heavy atom. The first-order chi connectivity index (χ1) is 18.2. The molecule has 1 amide bonds. The van der Waals surface area contributed by atoms with Crippen molar-refractivity contribution in [3.8, 4) is 17.0 Å². The molecule has 0 radical (unpaired) electrons. The van der Waals surface area contributed by atoms with E-state index in [9.17, 15) is 18.9 Å². The minimum Gasteiger partial charge on any atom is -0.549 e. The summed E-state index contributed by atoms with van der Waals surface area (Å²) in [5, 5.41) is 13.6. The second-order valence-corrected chi connectivity index (χ2v) is 12.5. The maximum Gasteiger partial charge on any atom is 1.00 e. The topological polar surface area (TPSA) is 104 Å². The Bertz CT molecular complexity index is 1500. The van der Waals surface area contributed by atoms with E-state index in [-0.39, 0.29) is 63.8 Å². The smallest absolute Gasteiger partial charge is 0.549 e. The van der Waals surface area contributed by atoms with E-state index in [2.05, 4.69) is 15.4 Å². The average molecular weight is 574 g/mol. The van der Waals surface area contributed by atoms with Gasteiger partial charge in [-0.2, -0.15) is 0 Å². The van der Waals surface area contributed by atoms with Crippen LogP contribution in [0.1, 0.15) is 71.8 Å². The minimum absolute atomic E-state index is 0. The number of methoxy groups -OCH3 is 1. The number of carboxylic acids is 1. The van der Waals surface area contributed by atoms with Crippen molar-refractivity contribution in [3.05, 3.63) is 53.1 Å². The zero-order valence-corrected chi connectivity index (χ0v) is 26.9. The van der Waals surface area contributed by atoms with Crippen molar-refractivity contribution in [2.45, 2.75) is 56.9 Å². The van der Waals surface area contributed by atoms with Crippen molar-refractivity contribution in [1.29, 1.82) is 0 Å². The van der Waals surface area contributed by atoms with Gasteiger partial charge in [0.1, 0.15) is 5.75 Å². The molecule has 3 atom stereocenters. The molecule has 2 unspecified atom stereocenters. The molecule has 0 saturated heterocycles. The molecule has 2 heterocycles. The summed E-state index contributed by atoms with van der Waals surface area (Å²) < 4.78 is 23.8. The van der Waals surface area contributed by atoms with Crippen LogP contribution in [0, 0.1) is 5.41 Å². The molecule has 3 aromatic rings. The van der Waals surface area contributed by atoms with Crippen LogP contribution in [0.4, 0.5) is 0 Å². The molecule has 1 aliphatic heterocycles. The summed E-state index contributed by atoms with van der Waals surface area (Å²) in [5.41, 5.74) is 4.53. The number of aliphatic carboxylic acids is 1. The molecule has 8 nitrogen and oxygen atoms in total. The Hall–Kier alpha value is -1.53. The van der Waals surface area contributed by atoms with E-state index in [1.807, 2.05) is 24.3 Å². The van der Waals surface area contributed by atoms with Gasteiger partial charge in [-0.05, 0) is 72.6 Å². The summed E-state index contributed by atoms with van der Waals surface area (Å²) in [4.78, 5) is 25.6. The van der Waals surface area contributed by atoms with Crippen LogP contribution < -0.4 is 66.0 Å². The predicted molar refractivity (Wildman–Crippen MR) is 144 cm³/mol. The number of hydrogen-bond donors (Lipinski definition) is 1. The van der Waals surface area contributed by atoms with E-state index < -0.39 is 28.5 Å². The Kier molecular flexibility index (Phi) is 8.20. The first kappa shape index (κ1) is 29.0. The first-order valence-corrected chi connectivity index (χ1v) is 14.3. The molecular formula is C29H32KN3O5S. The monoisotopic (exact) mass is 573 g/mol. The molecule has 2 aliphatic carbocycles. The van der Waals surface area contributed by atoms with Gasteiger partial charge in [-0.3, -0.25) is 9.52 Å². The van der Waals surface area contributed by atoms with E-state index in [0.29, 0.717) is 23.7 Å².